The van der Waals surface area contributed by atoms with Gasteiger partial charge < -0.3 is 10.1 Å². The Labute approximate surface area is 183 Å². The Balaban J connectivity index is 1.61. The molecule has 0 aliphatic heterocycles. The fourth-order valence-corrected chi connectivity index (χ4v) is 3.99. The van der Waals surface area contributed by atoms with E-state index in [4.69, 9.17) is 4.74 Å². The number of carbonyl (C=O) groups excluding carboxylic acids is 1. The number of hydrogen-bond donors (Lipinski definition) is 2. The van der Waals surface area contributed by atoms with Crippen molar-refractivity contribution in [2.75, 3.05) is 5.32 Å². The van der Waals surface area contributed by atoms with Crippen LogP contribution in [0.25, 0.3) is 0 Å². The average molecular weight is 439 g/mol. The molecular formula is C24H26N2O4S. The van der Waals surface area contributed by atoms with Gasteiger partial charge in [0.05, 0.1) is 4.90 Å². The normalized spacial score (nSPS) is 12.2. The van der Waals surface area contributed by atoms with Gasteiger partial charge in [-0.05, 0) is 60.9 Å². The van der Waals surface area contributed by atoms with Gasteiger partial charge in [-0.1, -0.05) is 49.4 Å². The third-order valence-corrected chi connectivity index (χ3v) is 6.09. The summed E-state index contributed by atoms with van der Waals surface area (Å²) < 4.78 is 33.4. The van der Waals surface area contributed by atoms with Gasteiger partial charge in [0.1, 0.15) is 5.75 Å². The smallest absolute Gasteiger partial charge is 0.265 e. The van der Waals surface area contributed by atoms with Gasteiger partial charge in [0.2, 0.25) is 10.0 Å². The maximum absolute atomic E-state index is 12.6. The van der Waals surface area contributed by atoms with E-state index in [0.29, 0.717) is 17.9 Å². The second-order valence-corrected chi connectivity index (χ2v) is 8.92. The third-order valence-electron chi connectivity index (χ3n) is 4.67. The number of rotatable bonds is 9. The Hall–Kier alpha value is -3.16. The fraction of sp³-hybridized carbons (Fsp3) is 0.208. The summed E-state index contributed by atoms with van der Waals surface area (Å²) in [5, 5.41) is 2.79. The largest absolute Gasteiger partial charge is 0.481 e. The predicted molar refractivity (Wildman–Crippen MR) is 121 cm³/mol. The van der Waals surface area contributed by atoms with Crippen LogP contribution >= 0.6 is 0 Å². The van der Waals surface area contributed by atoms with Crippen molar-refractivity contribution in [3.63, 3.8) is 0 Å². The molecule has 0 aliphatic rings. The molecule has 6 nitrogen and oxygen atoms in total. The van der Waals surface area contributed by atoms with E-state index in [1.54, 1.807) is 12.1 Å². The highest BCUT2D eigenvalue weighted by Gasteiger charge is 2.19. The molecule has 3 aromatic carbocycles. The number of sulfonamides is 1. The molecule has 3 aromatic rings. The van der Waals surface area contributed by atoms with Gasteiger partial charge in [-0.25, -0.2) is 13.1 Å². The molecule has 31 heavy (non-hydrogen) atoms. The van der Waals surface area contributed by atoms with E-state index in [9.17, 15) is 13.2 Å². The van der Waals surface area contributed by atoms with Crippen LogP contribution in [0.1, 0.15) is 24.5 Å². The van der Waals surface area contributed by atoms with E-state index in [-0.39, 0.29) is 17.3 Å². The van der Waals surface area contributed by atoms with Gasteiger partial charge >= 0.3 is 0 Å². The van der Waals surface area contributed by atoms with Gasteiger partial charge in [-0.3, -0.25) is 4.79 Å². The summed E-state index contributed by atoms with van der Waals surface area (Å²) in [6.07, 6.45) is -0.159. The zero-order valence-corrected chi connectivity index (χ0v) is 18.4. The predicted octanol–water partition coefficient (Wildman–Crippen LogP) is 4.27. The van der Waals surface area contributed by atoms with Crippen molar-refractivity contribution in [2.24, 2.45) is 0 Å². The molecule has 0 bridgehead atoms. The molecule has 1 atom stereocenters. The van der Waals surface area contributed by atoms with Gasteiger partial charge in [-0.2, -0.15) is 0 Å². The molecule has 0 aliphatic carbocycles. The first-order valence-corrected chi connectivity index (χ1v) is 11.5. The Morgan fingerprint density at radius 2 is 1.68 bits per heavy atom. The van der Waals surface area contributed by atoms with E-state index in [1.165, 1.54) is 12.1 Å². The molecule has 0 radical (unpaired) electrons. The van der Waals surface area contributed by atoms with Crippen LogP contribution in [0.15, 0.2) is 83.8 Å². The molecule has 0 spiro atoms. The lowest BCUT2D eigenvalue weighted by atomic mass is 10.2. The maximum Gasteiger partial charge on any atom is 0.265 e. The van der Waals surface area contributed by atoms with Crippen LogP contribution in [0.5, 0.6) is 5.75 Å². The van der Waals surface area contributed by atoms with Crippen molar-refractivity contribution in [3.8, 4) is 5.75 Å². The molecule has 0 aromatic heterocycles. The second-order valence-electron chi connectivity index (χ2n) is 7.16. The molecule has 0 unspecified atom stereocenters. The lowest BCUT2D eigenvalue weighted by molar-refractivity contribution is -0.122. The van der Waals surface area contributed by atoms with Crippen LogP contribution in [0.3, 0.4) is 0 Å². The van der Waals surface area contributed by atoms with E-state index in [1.807, 2.05) is 68.4 Å². The number of amides is 1. The summed E-state index contributed by atoms with van der Waals surface area (Å²) >= 11 is 0. The van der Waals surface area contributed by atoms with Crippen LogP contribution in [-0.4, -0.2) is 20.4 Å². The summed E-state index contributed by atoms with van der Waals surface area (Å²) in [5.74, 6) is 0.342. The third kappa shape index (κ3) is 6.41. The Morgan fingerprint density at radius 3 is 2.32 bits per heavy atom. The lowest BCUT2D eigenvalue weighted by Crippen LogP contribution is -2.32. The summed E-state index contributed by atoms with van der Waals surface area (Å²) in [5.41, 5.74) is 2.41. The number of carbonyl (C=O) groups is 1. The summed E-state index contributed by atoms with van der Waals surface area (Å²) in [4.78, 5) is 12.7. The molecule has 162 valence electrons. The number of benzene rings is 3. The molecule has 0 heterocycles. The van der Waals surface area contributed by atoms with Crippen molar-refractivity contribution in [3.05, 3.63) is 90.0 Å². The minimum Gasteiger partial charge on any atom is -0.481 e. The molecular weight excluding hydrogens is 412 g/mol. The summed E-state index contributed by atoms with van der Waals surface area (Å²) in [7, 11) is -3.66. The standard InChI is InChI=1S/C24H26N2O4S/c1-3-23(30-21-11-7-8-18(2)16-21)24(27)26-20-12-14-22(15-13-20)31(28,29)25-17-19-9-5-4-6-10-19/h4-16,23,25H,3,17H2,1-2H3,(H,26,27)/t23-/m0/s1. The highest BCUT2D eigenvalue weighted by Crippen LogP contribution is 2.18. The topological polar surface area (TPSA) is 84.5 Å². The summed E-state index contributed by atoms with van der Waals surface area (Å²) in [6.45, 7) is 4.03. The molecule has 0 fully saturated rings. The zero-order chi connectivity index (χ0) is 22.3. The highest BCUT2D eigenvalue weighted by molar-refractivity contribution is 7.89. The maximum atomic E-state index is 12.6. The number of ether oxygens (including phenoxy) is 1. The fourth-order valence-electron chi connectivity index (χ4n) is 2.97. The van der Waals surface area contributed by atoms with Crippen LogP contribution in [0.4, 0.5) is 5.69 Å². The van der Waals surface area contributed by atoms with E-state index < -0.39 is 16.1 Å². The molecule has 2 N–H and O–H groups in total. The Kier molecular flexibility index (Phi) is 7.44. The second kappa shape index (κ2) is 10.2. The van der Waals surface area contributed by atoms with Crippen molar-refractivity contribution in [1.29, 1.82) is 0 Å². The molecule has 7 heteroatoms. The highest BCUT2D eigenvalue weighted by atomic mass is 32.2. The van der Waals surface area contributed by atoms with E-state index in [2.05, 4.69) is 10.0 Å². The van der Waals surface area contributed by atoms with Crippen LogP contribution in [-0.2, 0) is 21.4 Å². The first-order chi connectivity index (χ1) is 14.9. The first kappa shape index (κ1) is 22.5. The van der Waals surface area contributed by atoms with Gasteiger partial charge in [-0.15, -0.1) is 0 Å². The molecule has 3 rings (SSSR count). The van der Waals surface area contributed by atoms with Crippen molar-refractivity contribution in [1.82, 2.24) is 4.72 Å². The summed E-state index contributed by atoms with van der Waals surface area (Å²) in [6, 6.07) is 22.9. The van der Waals surface area contributed by atoms with Gasteiger partial charge in [0.15, 0.2) is 6.10 Å². The minimum atomic E-state index is -3.66. The first-order valence-electron chi connectivity index (χ1n) is 10.1. The van der Waals surface area contributed by atoms with Gasteiger partial charge in [0.25, 0.3) is 5.91 Å². The van der Waals surface area contributed by atoms with E-state index >= 15 is 0 Å². The molecule has 1 amide bonds. The minimum absolute atomic E-state index is 0.129. The number of anilines is 1. The molecule has 0 saturated carbocycles. The van der Waals surface area contributed by atoms with Crippen molar-refractivity contribution >= 4 is 21.6 Å². The monoisotopic (exact) mass is 438 g/mol. The zero-order valence-electron chi connectivity index (χ0n) is 17.5. The van der Waals surface area contributed by atoms with Crippen LogP contribution in [0, 0.1) is 6.92 Å². The van der Waals surface area contributed by atoms with Crippen molar-refractivity contribution < 1.29 is 17.9 Å². The van der Waals surface area contributed by atoms with Crippen LogP contribution in [0.2, 0.25) is 0 Å². The number of hydrogen-bond acceptors (Lipinski definition) is 4. The van der Waals surface area contributed by atoms with Gasteiger partial charge in [0, 0.05) is 12.2 Å². The average Bonchev–Trinajstić information content (AvgIpc) is 2.77. The van der Waals surface area contributed by atoms with Crippen molar-refractivity contribution in [2.45, 2.75) is 37.8 Å². The molecule has 0 saturated heterocycles. The lowest BCUT2D eigenvalue weighted by Gasteiger charge is -2.17. The Morgan fingerprint density at radius 1 is 0.968 bits per heavy atom. The van der Waals surface area contributed by atoms with Crippen LogP contribution < -0.4 is 14.8 Å². The quantitative estimate of drug-likeness (QED) is 0.523. The number of aryl methyl sites for hydroxylation is 1. The Bertz CT molecular complexity index is 1110. The van der Waals surface area contributed by atoms with E-state index in [0.717, 1.165) is 11.1 Å². The SMILES string of the molecule is CC[C@H](Oc1cccc(C)c1)C(=O)Nc1ccc(S(=O)(=O)NCc2ccccc2)cc1. The number of nitrogens with one attached hydrogen (secondary N) is 2.